The Hall–Kier alpha value is -2.62. The maximum absolute atomic E-state index is 9.76. The van der Waals surface area contributed by atoms with Gasteiger partial charge >= 0.3 is 0 Å². The van der Waals surface area contributed by atoms with Gasteiger partial charge in [0.15, 0.2) is 23.0 Å². The summed E-state index contributed by atoms with van der Waals surface area (Å²) in [6, 6.07) is 7.21. The van der Waals surface area contributed by atoms with E-state index in [1.807, 2.05) is 38.1 Å². The average molecular weight is 342 g/mol. The quantitative estimate of drug-likeness (QED) is 0.756. The van der Waals surface area contributed by atoms with E-state index in [-0.39, 0.29) is 17.4 Å². The summed E-state index contributed by atoms with van der Waals surface area (Å²) in [4.78, 5) is 0. The van der Waals surface area contributed by atoms with Gasteiger partial charge in [0, 0.05) is 0 Å². The van der Waals surface area contributed by atoms with Crippen LogP contribution in [-0.2, 0) is 6.42 Å². The van der Waals surface area contributed by atoms with Gasteiger partial charge in [0.1, 0.15) is 0 Å². The summed E-state index contributed by atoms with van der Waals surface area (Å²) >= 11 is 0. The number of methoxy groups -OCH3 is 2. The highest BCUT2D eigenvalue weighted by molar-refractivity contribution is 5.76. The molecule has 1 atom stereocenters. The zero-order chi connectivity index (χ0) is 18.6. The van der Waals surface area contributed by atoms with Gasteiger partial charge in [0.25, 0.3) is 0 Å². The molecule has 4 heteroatoms. The van der Waals surface area contributed by atoms with Crippen molar-refractivity contribution in [2.24, 2.45) is 0 Å². The first-order valence-electron chi connectivity index (χ1n) is 8.52. The number of aromatic hydroxyl groups is 2. The summed E-state index contributed by atoms with van der Waals surface area (Å²) in [6.45, 7) is 6.14. The zero-order valence-electron chi connectivity index (χ0n) is 15.5. The highest BCUT2D eigenvalue weighted by Gasteiger charge is 2.19. The monoisotopic (exact) mass is 342 g/mol. The molecule has 2 aromatic rings. The Morgan fingerprint density at radius 3 is 2.04 bits per heavy atom. The standard InChI is InChI=1S/C19H20O4.C2H6/c1-11-6-14-8-17(21)16(20)7-12(14)4-5-13-9-18(22-2)19(23-3)10-15(11)13;1-2/h4-5,7-11,20-21H,6H2,1-3H3;1-2H3/b5-4-;. The van der Waals surface area contributed by atoms with Crippen LogP contribution < -0.4 is 9.47 Å². The number of phenols is 2. The van der Waals surface area contributed by atoms with Gasteiger partial charge in [-0.1, -0.05) is 32.9 Å². The van der Waals surface area contributed by atoms with Gasteiger partial charge in [-0.15, -0.1) is 0 Å². The fourth-order valence-corrected chi connectivity index (χ4v) is 3.07. The molecule has 3 rings (SSSR count). The molecule has 0 aliphatic heterocycles. The smallest absolute Gasteiger partial charge is 0.161 e. The molecule has 0 saturated heterocycles. The number of hydrogen-bond donors (Lipinski definition) is 2. The second-order valence-corrected chi connectivity index (χ2v) is 5.81. The van der Waals surface area contributed by atoms with Crippen LogP contribution in [0, 0.1) is 0 Å². The van der Waals surface area contributed by atoms with Crippen LogP contribution in [0.25, 0.3) is 12.2 Å². The SMILES string of the molecule is CC.COc1cc2c(cc1OC)C(C)Cc1cc(O)c(O)cc1/C=C\2. The molecule has 1 unspecified atom stereocenters. The van der Waals surface area contributed by atoms with Crippen molar-refractivity contribution in [2.45, 2.75) is 33.1 Å². The van der Waals surface area contributed by atoms with E-state index in [2.05, 4.69) is 6.92 Å². The molecule has 1 aliphatic rings. The second-order valence-electron chi connectivity index (χ2n) is 5.81. The molecule has 0 heterocycles. The summed E-state index contributed by atoms with van der Waals surface area (Å²) in [5, 5.41) is 19.5. The molecule has 0 radical (unpaired) electrons. The van der Waals surface area contributed by atoms with Crippen LogP contribution in [0.4, 0.5) is 0 Å². The van der Waals surface area contributed by atoms with Crippen LogP contribution in [-0.4, -0.2) is 24.4 Å². The van der Waals surface area contributed by atoms with E-state index >= 15 is 0 Å². The normalized spacial score (nSPS) is 16.3. The minimum atomic E-state index is -0.103. The minimum absolute atomic E-state index is 0.0857. The molecule has 0 saturated carbocycles. The highest BCUT2D eigenvalue weighted by Crippen LogP contribution is 2.39. The third-order valence-electron chi connectivity index (χ3n) is 4.33. The largest absolute Gasteiger partial charge is 0.504 e. The van der Waals surface area contributed by atoms with Gasteiger partial charge in [0.2, 0.25) is 0 Å². The van der Waals surface area contributed by atoms with Crippen molar-refractivity contribution < 1.29 is 19.7 Å². The Labute approximate surface area is 149 Å². The van der Waals surface area contributed by atoms with Gasteiger partial charge < -0.3 is 19.7 Å². The topological polar surface area (TPSA) is 58.9 Å². The minimum Gasteiger partial charge on any atom is -0.504 e. The Balaban J connectivity index is 0.00000109. The number of rotatable bonds is 2. The van der Waals surface area contributed by atoms with Crippen LogP contribution in [0.3, 0.4) is 0 Å². The van der Waals surface area contributed by atoms with Crippen LogP contribution in [0.1, 0.15) is 48.9 Å². The number of fused-ring (bicyclic) bond motifs is 2. The molecule has 2 N–H and O–H groups in total. The predicted octanol–water partition coefficient (Wildman–Crippen LogP) is 4.97. The number of benzene rings is 2. The van der Waals surface area contributed by atoms with Gasteiger partial charge in [-0.2, -0.15) is 0 Å². The van der Waals surface area contributed by atoms with E-state index in [4.69, 9.17) is 9.47 Å². The Morgan fingerprint density at radius 1 is 0.840 bits per heavy atom. The zero-order valence-corrected chi connectivity index (χ0v) is 15.5. The first-order chi connectivity index (χ1) is 12.0. The maximum Gasteiger partial charge on any atom is 0.161 e. The van der Waals surface area contributed by atoms with E-state index in [0.29, 0.717) is 11.5 Å². The first kappa shape index (κ1) is 18.7. The van der Waals surface area contributed by atoms with Crippen molar-refractivity contribution in [2.75, 3.05) is 14.2 Å². The molecule has 0 fully saturated rings. The lowest BCUT2D eigenvalue weighted by Gasteiger charge is -2.21. The van der Waals surface area contributed by atoms with Crippen molar-refractivity contribution in [1.82, 2.24) is 0 Å². The van der Waals surface area contributed by atoms with Crippen LogP contribution in [0.2, 0.25) is 0 Å². The second kappa shape index (κ2) is 7.97. The molecule has 4 nitrogen and oxygen atoms in total. The van der Waals surface area contributed by atoms with Crippen molar-refractivity contribution >= 4 is 12.2 Å². The molecule has 0 aromatic heterocycles. The molecule has 2 aromatic carbocycles. The van der Waals surface area contributed by atoms with Crippen molar-refractivity contribution in [3.05, 3.63) is 46.5 Å². The van der Waals surface area contributed by atoms with Gasteiger partial charge in [0.05, 0.1) is 14.2 Å². The van der Waals surface area contributed by atoms with E-state index in [0.717, 1.165) is 28.7 Å². The van der Waals surface area contributed by atoms with E-state index in [1.54, 1.807) is 26.4 Å². The average Bonchev–Trinajstić information content (AvgIpc) is 2.63. The molecule has 0 spiro atoms. The lowest BCUT2D eigenvalue weighted by Crippen LogP contribution is -2.05. The van der Waals surface area contributed by atoms with Crippen LogP contribution in [0.5, 0.6) is 23.0 Å². The number of ether oxygens (including phenoxy) is 2. The van der Waals surface area contributed by atoms with Crippen LogP contribution in [0.15, 0.2) is 24.3 Å². The summed E-state index contributed by atoms with van der Waals surface area (Å²) in [5.74, 6) is 1.45. The molecular formula is C21H26O4. The lowest BCUT2D eigenvalue weighted by atomic mass is 9.85. The van der Waals surface area contributed by atoms with Crippen molar-refractivity contribution in [3.63, 3.8) is 0 Å². The van der Waals surface area contributed by atoms with Gasteiger partial charge in [-0.25, -0.2) is 0 Å². The molecule has 0 bridgehead atoms. The highest BCUT2D eigenvalue weighted by atomic mass is 16.5. The summed E-state index contributed by atoms with van der Waals surface area (Å²) in [5.41, 5.74) is 4.14. The van der Waals surface area contributed by atoms with E-state index in [9.17, 15) is 10.2 Å². The lowest BCUT2D eigenvalue weighted by molar-refractivity contribution is 0.354. The molecule has 1 aliphatic carbocycles. The molecule has 25 heavy (non-hydrogen) atoms. The summed E-state index contributed by atoms with van der Waals surface area (Å²) in [6.07, 6.45) is 4.71. The number of phenolic OH excluding ortho intramolecular Hbond substituents is 2. The fourth-order valence-electron chi connectivity index (χ4n) is 3.07. The maximum atomic E-state index is 9.76. The van der Waals surface area contributed by atoms with Gasteiger partial charge in [-0.3, -0.25) is 0 Å². The molecule has 0 amide bonds. The summed E-state index contributed by atoms with van der Waals surface area (Å²) < 4.78 is 10.8. The van der Waals surface area contributed by atoms with Gasteiger partial charge in [-0.05, 0) is 58.9 Å². The number of hydrogen-bond acceptors (Lipinski definition) is 4. The third-order valence-corrected chi connectivity index (χ3v) is 4.33. The predicted molar refractivity (Wildman–Crippen MR) is 102 cm³/mol. The van der Waals surface area contributed by atoms with Crippen LogP contribution >= 0.6 is 0 Å². The Kier molecular flexibility index (Phi) is 5.97. The third kappa shape index (κ3) is 3.73. The molecular weight excluding hydrogens is 316 g/mol. The van der Waals surface area contributed by atoms with Crippen molar-refractivity contribution in [1.29, 1.82) is 0 Å². The first-order valence-corrected chi connectivity index (χ1v) is 8.52. The summed E-state index contributed by atoms with van der Waals surface area (Å²) in [7, 11) is 3.25. The Bertz CT molecular complexity index is 778. The fraction of sp³-hybridized carbons (Fsp3) is 0.333. The van der Waals surface area contributed by atoms with E-state index < -0.39 is 0 Å². The van der Waals surface area contributed by atoms with Crippen molar-refractivity contribution in [3.8, 4) is 23.0 Å². The van der Waals surface area contributed by atoms with E-state index in [1.165, 1.54) is 0 Å². The molecule has 134 valence electrons. The Morgan fingerprint density at radius 2 is 1.40 bits per heavy atom.